The molecule has 2 aliphatic rings. The second kappa shape index (κ2) is 6.93. The first-order valence-electron chi connectivity index (χ1n) is 8.70. The summed E-state index contributed by atoms with van der Waals surface area (Å²) in [5, 5.41) is 4.00. The maximum Gasteiger partial charge on any atom is 0.228 e. The number of carbonyl (C=O) groups is 2. The largest absolute Gasteiger partial charge is 0.361 e. The van der Waals surface area contributed by atoms with Gasteiger partial charge in [0.05, 0.1) is 11.6 Å². The number of amides is 2. The van der Waals surface area contributed by atoms with E-state index in [2.05, 4.69) is 10.1 Å². The molecule has 1 atom stereocenters. The summed E-state index contributed by atoms with van der Waals surface area (Å²) in [4.78, 5) is 30.5. The van der Waals surface area contributed by atoms with E-state index in [1.54, 1.807) is 4.90 Å². The molecule has 0 unspecified atom stereocenters. The molecular weight excluding hydrogens is 308 g/mol. The highest BCUT2D eigenvalue weighted by atomic mass is 16.5. The minimum atomic E-state index is -0.161. The lowest BCUT2D eigenvalue weighted by Crippen LogP contribution is -2.50. The van der Waals surface area contributed by atoms with Crippen LogP contribution >= 0.6 is 0 Å². The van der Waals surface area contributed by atoms with Crippen LogP contribution in [0.25, 0.3) is 0 Å². The van der Waals surface area contributed by atoms with Crippen LogP contribution in [0, 0.1) is 19.8 Å². The highest BCUT2D eigenvalue weighted by molar-refractivity contribution is 5.89. The van der Waals surface area contributed by atoms with Crippen molar-refractivity contribution in [2.75, 3.05) is 39.3 Å². The summed E-state index contributed by atoms with van der Waals surface area (Å²) in [6.07, 6.45) is 0.367. The van der Waals surface area contributed by atoms with Crippen molar-refractivity contribution in [2.45, 2.75) is 33.7 Å². The highest BCUT2D eigenvalue weighted by Crippen LogP contribution is 2.21. The van der Waals surface area contributed by atoms with E-state index in [1.807, 2.05) is 25.7 Å². The van der Waals surface area contributed by atoms with Crippen LogP contribution in [-0.4, -0.2) is 70.9 Å². The SMILES string of the molecule is CCN1C[C@@H](C(=O)N2CCN(Cc3c(C)noc3C)CC2)CC1=O. The topological polar surface area (TPSA) is 69.9 Å². The summed E-state index contributed by atoms with van der Waals surface area (Å²) in [6, 6.07) is 0. The Labute approximate surface area is 142 Å². The van der Waals surface area contributed by atoms with Gasteiger partial charge in [0.1, 0.15) is 5.76 Å². The number of nitrogens with zero attached hydrogens (tertiary/aromatic N) is 4. The van der Waals surface area contributed by atoms with Gasteiger partial charge in [0, 0.05) is 57.8 Å². The van der Waals surface area contributed by atoms with Gasteiger partial charge in [0.2, 0.25) is 11.8 Å². The molecule has 0 saturated carbocycles. The third-order valence-corrected chi connectivity index (χ3v) is 5.19. The van der Waals surface area contributed by atoms with E-state index in [1.165, 1.54) is 0 Å². The second-order valence-electron chi connectivity index (χ2n) is 6.74. The number of carbonyl (C=O) groups excluding carboxylic acids is 2. The van der Waals surface area contributed by atoms with Crippen molar-refractivity contribution in [1.82, 2.24) is 19.9 Å². The third kappa shape index (κ3) is 3.31. The molecule has 2 aliphatic heterocycles. The van der Waals surface area contributed by atoms with Crippen LogP contribution in [0.3, 0.4) is 0 Å². The number of rotatable bonds is 4. The van der Waals surface area contributed by atoms with E-state index in [4.69, 9.17) is 4.52 Å². The van der Waals surface area contributed by atoms with Gasteiger partial charge < -0.3 is 14.3 Å². The van der Waals surface area contributed by atoms with Crippen LogP contribution in [0.1, 0.15) is 30.4 Å². The minimum Gasteiger partial charge on any atom is -0.361 e. The number of piperazine rings is 1. The molecule has 0 spiro atoms. The van der Waals surface area contributed by atoms with E-state index in [0.29, 0.717) is 19.5 Å². The van der Waals surface area contributed by atoms with Gasteiger partial charge in [-0.15, -0.1) is 0 Å². The van der Waals surface area contributed by atoms with E-state index < -0.39 is 0 Å². The maximum atomic E-state index is 12.6. The first kappa shape index (κ1) is 17.0. The molecule has 0 aromatic carbocycles. The molecule has 1 aromatic heterocycles. The van der Waals surface area contributed by atoms with E-state index >= 15 is 0 Å². The molecule has 2 fully saturated rings. The first-order chi connectivity index (χ1) is 11.5. The molecule has 2 amide bonds. The Morgan fingerprint density at radius 1 is 1.25 bits per heavy atom. The lowest BCUT2D eigenvalue weighted by atomic mass is 10.1. The zero-order valence-corrected chi connectivity index (χ0v) is 14.7. The number of hydrogen-bond donors (Lipinski definition) is 0. The van der Waals surface area contributed by atoms with Crippen molar-refractivity contribution >= 4 is 11.8 Å². The van der Waals surface area contributed by atoms with Crippen LogP contribution in [0.5, 0.6) is 0 Å². The van der Waals surface area contributed by atoms with Gasteiger partial charge in [-0.3, -0.25) is 14.5 Å². The average molecular weight is 334 g/mol. The van der Waals surface area contributed by atoms with Gasteiger partial charge in [-0.05, 0) is 20.8 Å². The van der Waals surface area contributed by atoms with Gasteiger partial charge in [-0.2, -0.15) is 0 Å². The predicted octanol–water partition coefficient (Wildman–Crippen LogP) is 0.804. The van der Waals surface area contributed by atoms with Crippen LogP contribution < -0.4 is 0 Å². The molecular formula is C17H26N4O3. The summed E-state index contributed by atoms with van der Waals surface area (Å²) in [5.41, 5.74) is 2.09. The average Bonchev–Trinajstić information content (AvgIpc) is 3.11. The normalized spacial score (nSPS) is 22.5. The molecule has 132 valence electrons. The van der Waals surface area contributed by atoms with E-state index in [-0.39, 0.29) is 17.7 Å². The number of hydrogen-bond acceptors (Lipinski definition) is 5. The standard InChI is InChI=1S/C17H26N4O3/c1-4-20-10-14(9-16(20)22)17(23)21-7-5-19(6-8-21)11-15-12(2)18-24-13(15)3/h14H,4-11H2,1-3H3/t14-/m0/s1. The fourth-order valence-electron chi connectivity index (χ4n) is 3.58. The maximum absolute atomic E-state index is 12.6. The number of aryl methyl sites for hydroxylation is 2. The lowest BCUT2D eigenvalue weighted by Gasteiger charge is -2.35. The Morgan fingerprint density at radius 3 is 2.50 bits per heavy atom. The number of aromatic nitrogens is 1. The fraction of sp³-hybridized carbons (Fsp3) is 0.706. The molecule has 7 heteroatoms. The second-order valence-corrected chi connectivity index (χ2v) is 6.74. The molecule has 0 bridgehead atoms. The van der Waals surface area contributed by atoms with Crippen LogP contribution in [0.2, 0.25) is 0 Å². The smallest absolute Gasteiger partial charge is 0.228 e. The summed E-state index contributed by atoms with van der Waals surface area (Å²) >= 11 is 0. The summed E-state index contributed by atoms with van der Waals surface area (Å²) in [5.74, 6) is 0.950. The van der Waals surface area contributed by atoms with Gasteiger partial charge in [0.15, 0.2) is 0 Å². The molecule has 0 radical (unpaired) electrons. The zero-order valence-electron chi connectivity index (χ0n) is 14.7. The first-order valence-corrected chi connectivity index (χ1v) is 8.70. The number of likely N-dealkylation sites (tertiary alicyclic amines) is 1. The highest BCUT2D eigenvalue weighted by Gasteiger charge is 2.36. The van der Waals surface area contributed by atoms with Gasteiger partial charge in [-0.25, -0.2) is 0 Å². The quantitative estimate of drug-likeness (QED) is 0.815. The molecule has 2 saturated heterocycles. The summed E-state index contributed by atoms with van der Waals surface area (Å²) in [7, 11) is 0. The fourth-order valence-corrected chi connectivity index (χ4v) is 3.58. The van der Waals surface area contributed by atoms with Gasteiger partial charge in [-0.1, -0.05) is 5.16 Å². The minimum absolute atomic E-state index is 0.105. The third-order valence-electron chi connectivity index (χ3n) is 5.19. The van der Waals surface area contributed by atoms with Gasteiger partial charge in [0.25, 0.3) is 0 Å². The summed E-state index contributed by atoms with van der Waals surface area (Å²) in [6.45, 7) is 11.1. The summed E-state index contributed by atoms with van der Waals surface area (Å²) < 4.78 is 5.22. The van der Waals surface area contributed by atoms with Gasteiger partial charge >= 0.3 is 0 Å². The van der Waals surface area contributed by atoms with Crippen LogP contribution in [0.15, 0.2) is 4.52 Å². The van der Waals surface area contributed by atoms with E-state index in [0.717, 1.165) is 49.7 Å². The molecule has 0 N–H and O–H groups in total. The molecule has 3 rings (SSSR count). The van der Waals surface area contributed by atoms with Crippen molar-refractivity contribution in [1.29, 1.82) is 0 Å². The van der Waals surface area contributed by atoms with Crippen molar-refractivity contribution < 1.29 is 14.1 Å². The molecule has 7 nitrogen and oxygen atoms in total. The van der Waals surface area contributed by atoms with Crippen molar-refractivity contribution in [2.24, 2.45) is 5.92 Å². The molecule has 1 aromatic rings. The Morgan fingerprint density at radius 2 is 1.96 bits per heavy atom. The van der Waals surface area contributed by atoms with E-state index in [9.17, 15) is 9.59 Å². The molecule has 0 aliphatic carbocycles. The zero-order chi connectivity index (χ0) is 17.3. The Balaban J connectivity index is 1.52. The monoisotopic (exact) mass is 334 g/mol. The Kier molecular flexibility index (Phi) is 4.89. The van der Waals surface area contributed by atoms with Crippen molar-refractivity contribution in [3.63, 3.8) is 0 Å². The van der Waals surface area contributed by atoms with Crippen LogP contribution in [0.4, 0.5) is 0 Å². The Hall–Kier alpha value is -1.89. The van der Waals surface area contributed by atoms with Crippen molar-refractivity contribution in [3.8, 4) is 0 Å². The molecule has 24 heavy (non-hydrogen) atoms. The predicted molar refractivity (Wildman–Crippen MR) is 88.2 cm³/mol. The molecule has 3 heterocycles. The Bertz CT molecular complexity index is 600. The van der Waals surface area contributed by atoms with Crippen LogP contribution in [-0.2, 0) is 16.1 Å². The lowest BCUT2D eigenvalue weighted by molar-refractivity contribution is -0.137. The van der Waals surface area contributed by atoms with Crippen molar-refractivity contribution in [3.05, 3.63) is 17.0 Å².